The first kappa shape index (κ1) is 13.6. The summed E-state index contributed by atoms with van der Waals surface area (Å²) in [6, 6.07) is 9.92. The number of nitrogens with zero attached hydrogens (tertiary/aromatic N) is 1. The minimum Gasteiger partial charge on any atom is -0.453 e. The number of ether oxygens (including phenoxy) is 1. The Morgan fingerprint density at radius 1 is 1.05 bits per heavy atom. The summed E-state index contributed by atoms with van der Waals surface area (Å²) in [5.74, 6) is 1.62. The van der Waals surface area contributed by atoms with Gasteiger partial charge in [-0.25, -0.2) is 0 Å². The van der Waals surface area contributed by atoms with E-state index in [2.05, 4.69) is 43.1 Å². The van der Waals surface area contributed by atoms with Gasteiger partial charge in [-0.1, -0.05) is 0 Å². The highest BCUT2D eigenvalue weighted by atomic mass is 16.5. The Labute approximate surface area is 125 Å². The van der Waals surface area contributed by atoms with Crippen molar-refractivity contribution in [2.24, 2.45) is 0 Å². The molecule has 3 rings (SSSR count). The van der Waals surface area contributed by atoms with Crippen molar-refractivity contribution in [3.63, 3.8) is 0 Å². The molecule has 0 saturated heterocycles. The summed E-state index contributed by atoms with van der Waals surface area (Å²) < 4.78 is 6.02. The molecule has 0 bridgehead atoms. The first-order chi connectivity index (χ1) is 10.1. The van der Waals surface area contributed by atoms with Gasteiger partial charge in [0, 0.05) is 36.6 Å². The lowest BCUT2D eigenvalue weighted by molar-refractivity contribution is 0.481. The van der Waals surface area contributed by atoms with Crippen LogP contribution in [0.4, 0.5) is 22.7 Å². The summed E-state index contributed by atoms with van der Waals surface area (Å²) >= 11 is 0. The van der Waals surface area contributed by atoms with E-state index in [4.69, 9.17) is 10.5 Å². The van der Waals surface area contributed by atoms with Crippen LogP contribution in [0.2, 0.25) is 0 Å². The normalized spacial score (nSPS) is 12.0. The zero-order valence-electron chi connectivity index (χ0n) is 12.7. The minimum atomic E-state index is 0.704. The van der Waals surface area contributed by atoms with Gasteiger partial charge < -0.3 is 20.7 Å². The second-order valence-electron chi connectivity index (χ2n) is 5.29. The SMILES string of the molecule is CCN(CC)c1cc2c(cc1C)Nc1ccc(N)cc1O2. The predicted octanol–water partition coefficient (Wildman–Crippen LogP) is 4.27. The lowest BCUT2D eigenvalue weighted by Gasteiger charge is -2.27. The standard InChI is InChI=1S/C17H21N3O/c1-4-20(5-2)15-10-17-14(8-11(15)3)19-13-7-6-12(18)9-16(13)21-17/h6-10,19H,4-5,18H2,1-3H3. The first-order valence-electron chi connectivity index (χ1n) is 7.36. The molecular formula is C17H21N3O. The molecule has 21 heavy (non-hydrogen) atoms. The van der Waals surface area contributed by atoms with Crippen molar-refractivity contribution in [3.8, 4) is 11.5 Å². The molecule has 1 heterocycles. The number of anilines is 4. The molecule has 0 amide bonds. The minimum absolute atomic E-state index is 0.704. The Balaban J connectivity index is 2.03. The highest BCUT2D eigenvalue weighted by molar-refractivity contribution is 5.80. The van der Waals surface area contributed by atoms with Crippen LogP contribution in [0, 0.1) is 6.92 Å². The molecule has 3 N–H and O–H groups in total. The molecule has 0 fully saturated rings. The Hall–Kier alpha value is -2.36. The number of rotatable bonds is 3. The molecule has 0 radical (unpaired) electrons. The Morgan fingerprint density at radius 2 is 1.76 bits per heavy atom. The van der Waals surface area contributed by atoms with Crippen molar-refractivity contribution < 1.29 is 4.74 Å². The third-order valence-corrected chi connectivity index (χ3v) is 3.90. The summed E-state index contributed by atoms with van der Waals surface area (Å²) in [5, 5.41) is 3.41. The first-order valence-corrected chi connectivity index (χ1v) is 7.36. The molecule has 2 aromatic carbocycles. The molecule has 0 aliphatic carbocycles. The average molecular weight is 283 g/mol. The number of nitrogens with two attached hydrogens (primary N) is 1. The van der Waals surface area contributed by atoms with Gasteiger partial charge in [0.15, 0.2) is 11.5 Å². The van der Waals surface area contributed by atoms with Crippen molar-refractivity contribution >= 4 is 22.7 Å². The van der Waals surface area contributed by atoms with Gasteiger partial charge in [0.25, 0.3) is 0 Å². The van der Waals surface area contributed by atoms with E-state index < -0.39 is 0 Å². The summed E-state index contributed by atoms with van der Waals surface area (Å²) in [4.78, 5) is 2.33. The van der Waals surface area contributed by atoms with Crippen molar-refractivity contribution in [1.82, 2.24) is 0 Å². The Kier molecular flexibility index (Phi) is 3.37. The number of nitrogens with one attached hydrogen (secondary N) is 1. The maximum absolute atomic E-state index is 6.02. The zero-order valence-corrected chi connectivity index (χ0v) is 12.7. The number of hydrogen-bond acceptors (Lipinski definition) is 4. The van der Waals surface area contributed by atoms with Gasteiger partial charge in [-0.3, -0.25) is 0 Å². The second kappa shape index (κ2) is 5.20. The van der Waals surface area contributed by atoms with E-state index in [1.54, 1.807) is 0 Å². The van der Waals surface area contributed by atoms with E-state index in [9.17, 15) is 0 Å². The quantitative estimate of drug-likeness (QED) is 0.705. The molecule has 1 aliphatic rings. The maximum atomic E-state index is 6.02. The van der Waals surface area contributed by atoms with Crippen molar-refractivity contribution in [3.05, 3.63) is 35.9 Å². The lowest BCUT2D eigenvalue weighted by Crippen LogP contribution is -2.23. The van der Waals surface area contributed by atoms with Crippen molar-refractivity contribution in [2.45, 2.75) is 20.8 Å². The average Bonchev–Trinajstić information content (AvgIpc) is 2.47. The van der Waals surface area contributed by atoms with Crippen LogP contribution in [0.3, 0.4) is 0 Å². The molecule has 2 aromatic rings. The fourth-order valence-electron chi connectivity index (χ4n) is 2.75. The maximum Gasteiger partial charge on any atom is 0.153 e. The van der Waals surface area contributed by atoms with Crippen LogP contribution in [-0.2, 0) is 0 Å². The highest BCUT2D eigenvalue weighted by Crippen LogP contribution is 2.45. The number of benzene rings is 2. The fourth-order valence-corrected chi connectivity index (χ4v) is 2.75. The van der Waals surface area contributed by atoms with Crippen LogP contribution in [-0.4, -0.2) is 13.1 Å². The summed E-state index contributed by atoms with van der Waals surface area (Å²) in [5.41, 5.74) is 10.9. The largest absolute Gasteiger partial charge is 0.453 e. The van der Waals surface area contributed by atoms with E-state index in [1.807, 2.05) is 18.2 Å². The van der Waals surface area contributed by atoms with E-state index >= 15 is 0 Å². The van der Waals surface area contributed by atoms with Gasteiger partial charge in [0.2, 0.25) is 0 Å². The van der Waals surface area contributed by atoms with E-state index in [-0.39, 0.29) is 0 Å². The van der Waals surface area contributed by atoms with E-state index in [0.29, 0.717) is 5.69 Å². The van der Waals surface area contributed by atoms with E-state index in [0.717, 1.165) is 36.0 Å². The van der Waals surface area contributed by atoms with Gasteiger partial charge in [-0.15, -0.1) is 0 Å². The molecule has 4 heteroatoms. The fraction of sp³-hybridized carbons (Fsp3) is 0.294. The van der Waals surface area contributed by atoms with Gasteiger partial charge in [0.1, 0.15) is 0 Å². The third-order valence-electron chi connectivity index (χ3n) is 3.90. The van der Waals surface area contributed by atoms with Crippen LogP contribution in [0.25, 0.3) is 0 Å². The van der Waals surface area contributed by atoms with Gasteiger partial charge in [-0.05, 0) is 44.5 Å². The second-order valence-corrected chi connectivity index (χ2v) is 5.29. The van der Waals surface area contributed by atoms with Gasteiger partial charge >= 0.3 is 0 Å². The van der Waals surface area contributed by atoms with Crippen molar-refractivity contribution in [1.29, 1.82) is 0 Å². The molecule has 0 unspecified atom stereocenters. The molecular weight excluding hydrogens is 262 g/mol. The molecule has 0 aromatic heterocycles. The zero-order chi connectivity index (χ0) is 15.0. The number of hydrogen-bond donors (Lipinski definition) is 2. The molecule has 1 aliphatic heterocycles. The molecule has 0 atom stereocenters. The molecule has 110 valence electrons. The molecule has 0 saturated carbocycles. The van der Waals surface area contributed by atoms with Crippen molar-refractivity contribution in [2.75, 3.05) is 29.0 Å². The predicted molar refractivity (Wildman–Crippen MR) is 89.0 cm³/mol. The number of fused-ring (bicyclic) bond motifs is 2. The van der Waals surface area contributed by atoms with Crippen LogP contribution >= 0.6 is 0 Å². The van der Waals surface area contributed by atoms with Crippen LogP contribution in [0.15, 0.2) is 30.3 Å². The molecule has 0 spiro atoms. The topological polar surface area (TPSA) is 50.5 Å². The Morgan fingerprint density at radius 3 is 2.48 bits per heavy atom. The third kappa shape index (κ3) is 2.37. The monoisotopic (exact) mass is 283 g/mol. The lowest BCUT2D eigenvalue weighted by atomic mass is 10.1. The number of nitrogen functional groups attached to an aromatic ring is 1. The summed E-state index contributed by atoms with van der Waals surface area (Å²) in [7, 11) is 0. The van der Waals surface area contributed by atoms with Gasteiger partial charge in [0.05, 0.1) is 11.4 Å². The highest BCUT2D eigenvalue weighted by Gasteiger charge is 2.19. The van der Waals surface area contributed by atoms with Gasteiger partial charge in [-0.2, -0.15) is 0 Å². The molecule has 4 nitrogen and oxygen atoms in total. The number of aryl methyl sites for hydroxylation is 1. The summed E-state index contributed by atoms with van der Waals surface area (Å²) in [6.45, 7) is 8.42. The van der Waals surface area contributed by atoms with Crippen LogP contribution in [0.1, 0.15) is 19.4 Å². The van der Waals surface area contributed by atoms with E-state index in [1.165, 1.54) is 11.3 Å². The Bertz CT molecular complexity index is 678. The van der Waals surface area contributed by atoms with Crippen LogP contribution in [0.5, 0.6) is 11.5 Å². The summed E-state index contributed by atoms with van der Waals surface area (Å²) in [6.07, 6.45) is 0. The van der Waals surface area contributed by atoms with Crippen LogP contribution < -0.4 is 20.7 Å². The smallest absolute Gasteiger partial charge is 0.153 e.